The van der Waals surface area contributed by atoms with Crippen LogP contribution in [-0.4, -0.2) is 47.4 Å². The van der Waals surface area contributed by atoms with Gasteiger partial charge in [0.2, 0.25) is 5.95 Å². The number of rotatable bonds is 5. The first-order chi connectivity index (χ1) is 12.0. The lowest BCUT2D eigenvalue weighted by Gasteiger charge is -2.17. The van der Waals surface area contributed by atoms with E-state index in [1.807, 2.05) is 30.1 Å². The van der Waals surface area contributed by atoms with Crippen LogP contribution in [0.2, 0.25) is 0 Å². The van der Waals surface area contributed by atoms with Crippen LogP contribution in [0, 0.1) is 0 Å². The summed E-state index contributed by atoms with van der Waals surface area (Å²) in [4.78, 5) is 35.2. The quantitative estimate of drug-likeness (QED) is 0.663. The van der Waals surface area contributed by atoms with Gasteiger partial charge in [0.25, 0.3) is 5.91 Å². The number of aromatic nitrogens is 2. The van der Waals surface area contributed by atoms with Crippen LogP contribution in [0.1, 0.15) is 11.3 Å². The lowest BCUT2D eigenvalue weighted by atomic mass is 10.1. The Bertz CT molecular complexity index is 819. The molecular formula is C18H19N5O2. The molecule has 1 N–H and O–H groups in total. The molecule has 3 amide bonds. The predicted octanol–water partition coefficient (Wildman–Crippen LogP) is 1.68. The van der Waals surface area contributed by atoms with E-state index < -0.39 is 11.9 Å². The molecule has 25 heavy (non-hydrogen) atoms. The zero-order chi connectivity index (χ0) is 17.8. The third-order valence-corrected chi connectivity index (χ3v) is 3.99. The van der Waals surface area contributed by atoms with Gasteiger partial charge >= 0.3 is 6.03 Å². The maximum Gasteiger partial charge on any atom is 0.328 e. The third-order valence-electron chi connectivity index (χ3n) is 3.99. The summed E-state index contributed by atoms with van der Waals surface area (Å²) in [5.41, 5.74) is 2.08. The third kappa shape index (κ3) is 3.82. The Labute approximate surface area is 146 Å². The number of urea groups is 1. The van der Waals surface area contributed by atoms with E-state index in [-0.39, 0.29) is 5.70 Å². The number of carbonyl (C=O) groups excluding carboxylic acids is 2. The van der Waals surface area contributed by atoms with E-state index in [1.54, 1.807) is 25.4 Å². The summed E-state index contributed by atoms with van der Waals surface area (Å²) in [6, 6.07) is 11.5. The number of carbonyl (C=O) groups is 2. The van der Waals surface area contributed by atoms with Crippen molar-refractivity contribution in [2.45, 2.75) is 6.42 Å². The molecule has 1 aromatic heterocycles. The Morgan fingerprint density at radius 1 is 1.20 bits per heavy atom. The van der Waals surface area contributed by atoms with E-state index >= 15 is 0 Å². The summed E-state index contributed by atoms with van der Waals surface area (Å²) in [6.45, 7) is 0.767. The summed E-state index contributed by atoms with van der Waals surface area (Å²) in [5, 5.41) is 2.24. The first-order valence-electron chi connectivity index (χ1n) is 7.93. The molecule has 0 bridgehead atoms. The summed E-state index contributed by atoms with van der Waals surface area (Å²) < 4.78 is 0. The molecule has 0 atom stereocenters. The van der Waals surface area contributed by atoms with Gasteiger partial charge in [0.15, 0.2) is 0 Å². The van der Waals surface area contributed by atoms with E-state index in [4.69, 9.17) is 0 Å². The molecule has 3 rings (SSSR count). The Morgan fingerprint density at radius 3 is 2.64 bits per heavy atom. The Kier molecular flexibility index (Phi) is 4.74. The summed E-state index contributed by atoms with van der Waals surface area (Å²) >= 11 is 0. The normalized spacial score (nSPS) is 15.6. The number of hydrogen-bond donors (Lipinski definition) is 1. The molecule has 1 fully saturated rings. The van der Waals surface area contributed by atoms with E-state index in [1.165, 1.54) is 10.5 Å². The van der Waals surface area contributed by atoms with Gasteiger partial charge in [-0.3, -0.25) is 15.0 Å². The van der Waals surface area contributed by atoms with Crippen molar-refractivity contribution >= 4 is 24.0 Å². The van der Waals surface area contributed by atoms with Gasteiger partial charge in [0.05, 0.1) is 5.69 Å². The highest BCUT2D eigenvalue weighted by atomic mass is 16.2. The van der Waals surface area contributed by atoms with E-state index in [0.29, 0.717) is 11.6 Å². The topological polar surface area (TPSA) is 78.4 Å². The monoisotopic (exact) mass is 337 g/mol. The second-order valence-electron chi connectivity index (χ2n) is 5.79. The molecule has 0 radical (unpaired) electrons. The minimum absolute atomic E-state index is 0.265. The zero-order valence-corrected chi connectivity index (χ0v) is 14.1. The van der Waals surface area contributed by atoms with Gasteiger partial charge in [0.1, 0.15) is 5.70 Å². The van der Waals surface area contributed by atoms with Gasteiger partial charge in [-0.2, -0.15) is 0 Å². The summed E-state index contributed by atoms with van der Waals surface area (Å²) in [5.74, 6) is 0.141. The van der Waals surface area contributed by atoms with Crippen molar-refractivity contribution in [1.82, 2.24) is 20.2 Å². The number of nitrogens with one attached hydrogen (secondary N) is 1. The van der Waals surface area contributed by atoms with Gasteiger partial charge in [-0.05, 0) is 24.1 Å². The Balaban J connectivity index is 1.73. The number of amides is 3. The largest absolute Gasteiger partial charge is 0.344 e. The lowest BCUT2D eigenvalue weighted by molar-refractivity contribution is -0.115. The van der Waals surface area contributed by atoms with Gasteiger partial charge < -0.3 is 4.90 Å². The average Bonchev–Trinajstić information content (AvgIpc) is 2.87. The molecule has 7 nitrogen and oxygen atoms in total. The Morgan fingerprint density at radius 2 is 1.96 bits per heavy atom. The van der Waals surface area contributed by atoms with Crippen molar-refractivity contribution in [1.29, 1.82) is 0 Å². The van der Waals surface area contributed by atoms with Gasteiger partial charge in [-0.15, -0.1) is 0 Å². The predicted molar refractivity (Wildman–Crippen MR) is 94.7 cm³/mol. The lowest BCUT2D eigenvalue weighted by Crippen LogP contribution is -2.24. The summed E-state index contributed by atoms with van der Waals surface area (Å²) in [7, 11) is 3.47. The molecule has 0 unspecified atom stereocenters. The van der Waals surface area contributed by atoms with Crippen molar-refractivity contribution in [2.75, 3.05) is 25.5 Å². The molecule has 1 aliphatic heterocycles. The highest BCUT2D eigenvalue weighted by molar-refractivity contribution is 6.13. The van der Waals surface area contributed by atoms with E-state index in [0.717, 1.165) is 13.0 Å². The minimum atomic E-state index is -0.439. The molecule has 0 aliphatic carbocycles. The number of hydrogen-bond acceptors (Lipinski definition) is 5. The molecule has 2 heterocycles. The van der Waals surface area contributed by atoms with Crippen LogP contribution in [0.5, 0.6) is 0 Å². The maximum absolute atomic E-state index is 11.8. The van der Waals surface area contributed by atoms with Crippen LogP contribution in [0.15, 0.2) is 48.3 Å². The molecule has 1 saturated heterocycles. The van der Waals surface area contributed by atoms with Crippen LogP contribution in [0.25, 0.3) is 6.08 Å². The molecule has 1 aliphatic rings. The molecule has 1 aromatic carbocycles. The molecule has 128 valence electrons. The minimum Gasteiger partial charge on any atom is -0.344 e. The molecule has 0 saturated carbocycles. The fraction of sp³-hybridized carbons (Fsp3) is 0.222. The van der Waals surface area contributed by atoms with Crippen molar-refractivity contribution < 1.29 is 9.59 Å². The average molecular weight is 337 g/mol. The first kappa shape index (κ1) is 16.6. The number of nitrogens with zero attached hydrogens (tertiary/aromatic N) is 4. The fourth-order valence-electron chi connectivity index (χ4n) is 2.48. The SMILES string of the molecule is CN1C(=O)NC(=O)C1=Cc1ccnc(N(C)CCc2ccccc2)n1. The second-order valence-corrected chi connectivity index (χ2v) is 5.79. The van der Waals surface area contributed by atoms with Crippen molar-refractivity contribution in [3.05, 3.63) is 59.5 Å². The smallest absolute Gasteiger partial charge is 0.328 e. The molecule has 2 aromatic rings. The molecule has 7 heteroatoms. The zero-order valence-electron chi connectivity index (χ0n) is 14.1. The fourth-order valence-corrected chi connectivity index (χ4v) is 2.48. The number of benzene rings is 1. The van der Waals surface area contributed by atoms with Crippen molar-refractivity contribution in [2.24, 2.45) is 0 Å². The summed E-state index contributed by atoms with van der Waals surface area (Å²) in [6.07, 6.45) is 4.10. The number of likely N-dealkylation sites (N-methyl/N-ethyl adjacent to an activating group) is 2. The molecular weight excluding hydrogens is 318 g/mol. The maximum atomic E-state index is 11.8. The van der Waals surface area contributed by atoms with Gasteiger partial charge in [0, 0.05) is 26.8 Å². The van der Waals surface area contributed by atoms with Crippen LogP contribution in [-0.2, 0) is 11.2 Å². The van der Waals surface area contributed by atoms with Crippen LogP contribution in [0.4, 0.5) is 10.7 Å². The Hall–Kier alpha value is -3.22. The van der Waals surface area contributed by atoms with Gasteiger partial charge in [-0.1, -0.05) is 30.3 Å². The standard InChI is InChI=1S/C18H19N5O2/c1-22(11-9-13-6-4-3-5-7-13)17-19-10-8-14(20-17)12-15-16(24)21-18(25)23(15)2/h3-8,10,12H,9,11H2,1-2H3,(H,21,24,25). The van der Waals surface area contributed by atoms with Crippen LogP contribution in [0.3, 0.4) is 0 Å². The van der Waals surface area contributed by atoms with Crippen LogP contribution < -0.4 is 10.2 Å². The van der Waals surface area contributed by atoms with Crippen molar-refractivity contribution in [3.63, 3.8) is 0 Å². The number of imide groups is 1. The highest BCUT2D eigenvalue weighted by Gasteiger charge is 2.29. The van der Waals surface area contributed by atoms with E-state index in [9.17, 15) is 9.59 Å². The number of anilines is 1. The van der Waals surface area contributed by atoms with E-state index in [2.05, 4.69) is 27.4 Å². The van der Waals surface area contributed by atoms with Crippen LogP contribution >= 0.6 is 0 Å². The highest BCUT2D eigenvalue weighted by Crippen LogP contribution is 2.15. The van der Waals surface area contributed by atoms with Crippen molar-refractivity contribution in [3.8, 4) is 0 Å². The second kappa shape index (κ2) is 7.12. The van der Waals surface area contributed by atoms with Gasteiger partial charge in [-0.25, -0.2) is 14.8 Å². The molecule has 0 spiro atoms. The first-order valence-corrected chi connectivity index (χ1v) is 7.93.